The van der Waals surface area contributed by atoms with Gasteiger partial charge in [-0.3, -0.25) is 0 Å². The predicted octanol–water partition coefficient (Wildman–Crippen LogP) is 3.27. The van der Waals surface area contributed by atoms with E-state index in [1.807, 2.05) is 0 Å². The summed E-state index contributed by atoms with van der Waals surface area (Å²) in [7, 11) is 0. The number of rotatable bonds is 1. The molecular formula is C8H6F4S. The van der Waals surface area contributed by atoms with Crippen LogP contribution >= 0.6 is 12.6 Å². The van der Waals surface area contributed by atoms with Crippen LogP contribution in [0.2, 0.25) is 0 Å². The molecule has 0 amide bonds. The molecule has 0 saturated heterocycles. The first-order valence-corrected chi connectivity index (χ1v) is 4.05. The fourth-order valence-electron chi connectivity index (χ4n) is 0.872. The van der Waals surface area contributed by atoms with Gasteiger partial charge in [0.2, 0.25) is 0 Å². The lowest BCUT2D eigenvalue weighted by Gasteiger charge is -2.07. The van der Waals surface area contributed by atoms with Crippen molar-refractivity contribution in [3.05, 3.63) is 35.1 Å². The van der Waals surface area contributed by atoms with Crippen molar-refractivity contribution in [1.29, 1.82) is 0 Å². The summed E-state index contributed by atoms with van der Waals surface area (Å²) in [6.45, 7) is 0. The van der Waals surface area contributed by atoms with Gasteiger partial charge in [-0.15, -0.1) is 0 Å². The summed E-state index contributed by atoms with van der Waals surface area (Å²) in [4.78, 5) is 0. The molecule has 0 nitrogen and oxygen atoms in total. The molecule has 13 heavy (non-hydrogen) atoms. The van der Waals surface area contributed by atoms with Gasteiger partial charge in [0.15, 0.2) is 0 Å². The Morgan fingerprint density at radius 2 is 1.85 bits per heavy atom. The summed E-state index contributed by atoms with van der Waals surface area (Å²) < 4.78 is 49.0. The first kappa shape index (κ1) is 10.4. The number of thiol groups is 1. The molecule has 0 bridgehead atoms. The fourth-order valence-corrected chi connectivity index (χ4v) is 1.11. The van der Waals surface area contributed by atoms with Gasteiger partial charge in [-0.1, -0.05) is 0 Å². The maximum Gasteiger partial charge on any atom is 0.416 e. The molecule has 0 atom stereocenters. The van der Waals surface area contributed by atoms with E-state index in [2.05, 4.69) is 12.6 Å². The normalized spacial score (nSPS) is 11.8. The molecular weight excluding hydrogens is 204 g/mol. The molecule has 0 aliphatic heterocycles. The van der Waals surface area contributed by atoms with Crippen LogP contribution < -0.4 is 0 Å². The zero-order chi connectivity index (χ0) is 10.1. The Morgan fingerprint density at radius 1 is 1.23 bits per heavy atom. The summed E-state index contributed by atoms with van der Waals surface area (Å²) in [5, 5.41) is 0. The largest absolute Gasteiger partial charge is 0.416 e. The van der Waals surface area contributed by atoms with Gasteiger partial charge < -0.3 is 0 Å². The average molecular weight is 210 g/mol. The van der Waals surface area contributed by atoms with Crippen molar-refractivity contribution in [3.63, 3.8) is 0 Å². The first-order valence-electron chi connectivity index (χ1n) is 3.41. The first-order chi connectivity index (χ1) is 5.95. The number of halogens is 4. The summed E-state index contributed by atoms with van der Waals surface area (Å²) >= 11 is 3.72. The molecule has 1 aromatic carbocycles. The Bertz CT molecular complexity index is 306. The summed E-state index contributed by atoms with van der Waals surface area (Å²) in [6, 6.07) is 2.28. The highest BCUT2D eigenvalue weighted by Gasteiger charge is 2.30. The second-order valence-electron chi connectivity index (χ2n) is 2.46. The van der Waals surface area contributed by atoms with Crippen LogP contribution in [-0.2, 0) is 11.9 Å². The number of benzene rings is 1. The lowest BCUT2D eigenvalue weighted by atomic mass is 10.1. The van der Waals surface area contributed by atoms with E-state index in [1.54, 1.807) is 0 Å². The zero-order valence-corrected chi connectivity index (χ0v) is 7.29. The van der Waals surface area contributed by atoms with E-state index in [1.165, 1.54) is 0 Å². The molecule has 1 rings (SSSR count). The molecule has 0 fully saturated rings. The molecule has 5 heteroatoms. The van der Waals surface area contributed by atoms with E-state index in [-0.39, 0.29) is 11.3 Å². The second kappa shape index (κ2) is 3.57. The monoisotopic (exact) mass is 210 g/mol. The quantitative estimate of drug-likeness (QED) is 0.533. The molecule has 1 aromatic rings. The van der Waals surface area contributed by atoms with Crippen molar-refractivity contribution in [1.82, 2.24) is 0 Å². The molecule has 0 radical (unpaired) electrons. The van der Waals surface area contributed by atoms with Crippen molar-refractivity contribution >= 4 is 12.6 Å². The van der Waals surface area contributed by atoms with Crippen molar-refractivity contribution < 1.29 is 17.6 Å². The van der Waals surface area contributed by atoms with E-state index in [0.29, 0.717) is 6.07 Å². The SMILES string of the molecule is Fc1ccc(C(F)(F)F)cc1CS. The molecule has 0 heterocycles. The van der Waals surface area contributed by atoms with Crippen LogP contribution in [-0.4, -0.2) is 0 Å². The Kier molecular flexibility index (Phi) is 2.85. The standard InChI is InChI=1S/C8H6F4S/c9-7-2-1-6(8(10,11)12)3-5(7)4-13/h1-3,13H,4H2. The van der Waals surface area contributed by atoms with Crippen molar-refractivity contribution in [3.8, 4) is 0 Å². The lowest BCUT2D eigenvalue weighted by Crippen LogP contribution is -2.05. The van der Waals surface area contributed by atoms with Gasteiger partial charge in [0.25, 0.3) is 0 Å². The van der Waals surface area contributed by atoms with Gasteiger partial charge in [0.05, 0.1) is 5.56 Å². The minimum Gasteiger partial charge on any atom is -0.207 e. The molecule has 0 N–H and O–H groups in total. The van der Waals surface area contributed by atoms with Gasteiger partial charge in [-0.2, -0.15) is 25.8 Å². The third-order valence-electron chi connectivity index (χ3n) is 1.54. The van der Waals surface area contributed by atoms with Crippen LogP contribution in [0.3, 0.4) is 0 Å². The van der Waals surface area contributed by atoms with E-state index in [0.717, 1.165) is 12.1 Å². The predicted molar refractivity (Wildman–Crippen MR) is 44.1 cm³/mol. The number of alkyl halides is 3. The van der Waals surface area contributed by atoms with Gasteiger partial charge in [0, 0.05) is 5.75 Å². The molecule has 0 aliphatic rings. The van der Waals surface area contributed by atoms with Crippen molar-refractivity contribution in [2.45, 2.75) is 11.9 Å². The minimum atomic E-state index is -4.43. The Morgan fingerprint density at radius 3 is 2.31 bits per heavy atom. The zero-order valence-electron chi connectivity index (χ0n) is 6.40. The molecule has 0 saturated carbocycles. The highest BCUT2D eigenvalue weighted by molar-refractivity contribution is 7.79. The minimum absolute atomic E-state index is 0.0434. The van der Waals surface area contributed by atoms with E-state index < -0.39 is 17.6 Å². The van der Waals surface area contributed by atoms with Crippen molar-refractivity contribution in [2.75, 3.05) is 0 Å². The Hall–Kier alpha value is -0.710. The Balaban J connectivity index is 3.14. The lowest BCUT2D eigenvalue weighted by molar-refractivity contribution is -0.137. The van der Waals surface area contributed by atoms with Crippen LogP contribution in [0, 0.1) is 5.82 Å². The smallest absolute Gasteiger partial charge is 0.207 e. The third-order valence-corrected chi connectivity index (χ3v) is 1.88. The van der Waals surface area contributed by atoms with E-state index in [9.17, 15) is 17.6 Å². The van der Waals surface area contributed by atoms with Crippen LogP contribution in [0.15, 0.2) is 18.2 Å². The van der Waals surface area contributed by atoms with Crippen LogP contribution in [0.4, 0.5) is 17.6 Å². The topological polar surface area (TPSA) is 0 Å². The molecule has 72 valence electrons. The highest BCUT2D eigenvalue weighted by atomic mass is 32.1. The summed E-state index contributed by atoms with van der Waals surface area (Å²) in [5.41, 5.74) is -0.892. The molecule has 0 unspecified atom stereocenters. The summed E-state index contributed by atoms with van der Waals surface area (Å²) in [5.74, 6) is -0.710. The number of hydrogen-bond acceptors (Lipinski definition) is 1. The molecule has 0 aliphatic carbocycles. The third kappa shape index (κ3) is 2.37. The maximum atomic E-state index is 12.7. The Labute approximate surface area is 78.0 Å². The van der Waals surface area contributed by atoms with Crippen LogP contribution in [0.5, 0.6) is 0 Å². The van der Waals surface area contributed by atoms with E-state index >= 15 is 0 Å². The van der Waals surface area contributed by atoms with Gasteiger partial charge in [-0.05, 0) is 23.8 Å². The van der Waals surface area contributed by atoms with Gasteiger partial charge in [-0.25, -0.2) is 4.39 Å². The fraction of sp³-hybridized carbons (Fsp3) is 0.250. The van der Waals surface area contributed by atoms with Gasteiger partial charge >= 0.3 is 6.18 Å². The van der Waals surface area contributed by atoms with Gasteiger partial charge in [0.1, 0.15) is 5.82 Å². The van der Waals surface area contributed by atoms with E-state index in [4.69, 9.17) is 0 Å². The van der Waals surface area contributed by atoms with Crippen molar-refractivity contribution in [2.24, 2.45) is 0 Å². The highest BCUT2D eigenvalue weighted by Crippen LogP contribution is 2.30. The molecule has 0 aromatic heterocycles. The molecule has 0 spiro atoms. The van der Waals surface area contributed by atoms with Crippen LogP contribution in [0.1, 0.15) is 11.1 Å². The number of hydrogen-bond donors (Lipinski definition) is 1. The second-order valence-corrected chi connectivity index (χ2v) is 2.78. The van der Waals surface area contributed by atoms with Crippen LogP contribution in [0.25, 0.3) is 0 Å². The average Bonchev–Trinajstić information content (AvgIpc) is 2.03. The summed E-state index contributed by atoms with van der Waals surface area (Å²) in [6.07, 6.45) is -4.43. The maximum absolute atomic E-state index is 12.7.